The highest BCUT2D eigenvalue weighted by molar-refractivity contribution is 7.27. The summed E-state index contributed by atoms with van der Waals surface area (Å²) in [4.78, 5) is 2.51. The Hall–Kier alpha value is -4.96. The fourth-order valence-electron chi connectivity index (χ4n) is 7.80. The molecule has 0 bridgehead atoms. The molecule has 218 valence electrons. The largest absolute Gasteiger partial charge is 0.309 e. The Balaban J connectivity index is 1.26. The lowest BCUT2D eigenvalue weighted by Crippen LogP contribution is -2.16. The average molecular weight is 624 g/mol. The number of fused-ring (bicyclic) bond motifs is 11. The van der Waals surface area contributed by atoms with Gasteiger partial charge in [-0.1, -0.05) is 111 Å². The predicted molar refractivity (Wildman–Crippen MR) is 202 cm³/mol. The fourth-order valence-corrected chi connectivity index (χ4v) is 10.2. The first-order valence-corrected chi connectivity index (χ1v) is 17.5. The highest BCUT2D eigenvalue weighted by Crippen LogP contribution is 2.52. The Labute approximate surface area is 275 Å². The van der Waals surface area contributed by atoms with Crippen LogP contribution < -0.4 is 4.90 Å². The second-order valence-electron chi connectivity index (χ2n) is 12.9. The van der Waals surface area contributed by atoms with Crippen LogP contribution in [0.4, 0.5) is 17.1 Å². The van der Waals surface area contributed by atoms with Crippen molar-refractivity contribution in [2.45, 2.75) is 19.3 Å². The van der Waals surface area contributed by atoms with Crippen LogP contribution in [0.15, 0.2) is 140 Å². The minimum Gasteiger partial charge on any atom is -0.309 e. The van der Waals surface area contributed by atoms with Crippen LogP contribution in [-0.4, -0.2) is 0 Å². The van der Waals surface area contributed by atoms with Gasteiger partial charge in [-0.15, -0.1) is 22.7 Å². The van der Waals surface area contributed by atoms with Gasteiger partial charge in [-0.3, -0.25) is 0 Å². The first-order chi connectivity index (χ1) is 22.6. The van der Waals surface area contributed by atoms with E-state index >= 15 is 0 Å². The molecular formula is C43H29NS2. The zero-order valence-corrected chi connectivity index (χ0v) is 27.2. The van der Waals surface area contributed by atoms with Gasteiger partial charge in [0.05, 0.1) is 10.4 Å². The van der Waals surface area contributed by atoms with Crippen molar-refractivity contribution >= 4 is 90.9 Å². The summed E-state index contributed by atoms with van der Waals surface area (Å²) >= 11 is 3.79. The molecule has 9 aromatic rings. The lowest BCUT2D eigenvalue weighted by molar-refractivity contribution is 0.660. The molecule has 0 saturated heterocycles. The van der Waals surface area contributed by atoms with Gasteiger partial charge in [-0.2, -0.15) is 0 Å². The molecule has 0 radical (unpaired) electrons. The highest BCUT2D eigenvalue weighted by Gasteiger charge is 2.36. The monoisotopic (exact) mass is 623 g/mol. The molecule has 0 spiro atoms. The van der Waals surface area contributed by atoms with Crippen LogP contribution in [0.1, 0.15) is 25.0 Å². The lowest BCUT2D eigenvalue weighted by Gasteiger charge is -2.28. The van der Waals surface area contributed by atoms with Crippen LogP contribution in [0.2, 0.25) is 0 Å². The molecule has 1 nitrogen and oxygen atoms in total. The fraction of sp³-hybridized carbons (Fsp3) is 0.0698. The molecule has 1 aliphatic rings. The topological polar surface area (TPSA) is 3.24 Å². The van der Waals surface area contributed by atoms with Crippen LogP contribution in [0.5, 0.6) is 0 Å². The van der Waals surface area contributed by atoms with Gasteiger partial charge in [0, 0.05) is 52.4 Å². The zero-order chi connectivity index (χ0) is 30.6. The van der Waals surface area contributed by atoms with E-state index in [1.165, 1.54) is 90.4 Å². The van der Waals surface area contributed by atoms with E-state index in [2.05, 4.69) is 158 Å². The molecule has 0 amide bonds. The maximum absolute atomic E-state index is 2.51. The molecule has 0 saturated carbocycles. The van der Waals surface area contributed by atoms with E-state index in [-0.39, 0.29) is 5.41 Å². The summed E-state index contributed by atoms with van der Waals surface area (Å²) in [5.41, 5.74) is 8.98. The van der Waals surface area contributed by atoms with E-state index in [1.807, 2.05) is 22.7 Å². The Morgan fingerprint density at radius 3 is 2.09 bits per heavy atom. The zero-order valence-electron chi connectivity index (χ0n) is 25.5. The molecular weight excluding hydrogens is 595 g/mol. The van der Waals surface area contributed by atoms with Crippen molar-refractivity contribution in [2.24, 2.45) is 0 Å². The summed E-state index contributed by atoms with van der Waals surface area (Å²) in [6, 6.07) is 52.0. The first-order valence-electron chi connectivity index (χ1n) is 15.9. The van der Waals surface area contributed by atoms with E-state index in [1.54, 1.807) is 0 Å². The van der Waals surface area contributed by atoms with Crippen molar-refractivity contribution in [3.8, 4) is 11.1 Å². The van der Waals surface area contributed by atoms with Crippen molar-refractivity contribution in [1.29, 1.82) is 0 Å². The Morgan fingerprint density at radius 2 is 1.15 bits per heavy atom. The normalized spacial score (nSPS) is 13.6. The van der Waals surface area contributed by atoms with E-state index in [9.17, 15) is 0 Å². The third kappa shape index (κ3) is 3.61. The van der Waals surface area contributed by atoms with Crippen LogP contribution in [0.25, 0.3) is 62.2 Å². The molecule has 2 heterocycles. The quantitative estimate of drug-likeness (QED) is 0.189. The minimum absolute atomic E-state index is 0.0797. The van der Waals surface area contributed by atoms with Gasteiger partial charge in [-0.05, 0) is 75.5 Å². The van der Waals surface area contributed by atoms with Gasteiger partial charge in [-0.25, -0.2) is 0 Å². The van der Waals surface area contributed by atoms with Gasteiger partial charge in [0.1, 0.15) is 0 Å². The first kappa shape index (κ1) is 26.3. The molecule has 1 aliphatic carbocycles. The van der Waals surface area contributed by atoms with Crippen LogP contribution >= 0.6 is 22.7 Å². The number of hydrogen-bond donors (Lipinski definition) is 0. The van der Waals surface area contributed by atoms with Crippen molar-refractivity contribution < 1.29 is 0 Å². The lowest BCUT2D eigenvalue weighted by atomic mass is 9.82. The van der Waals surface area contributed by atoms with Gasteiger partial charge < -0.3 is 4.90 Å². The number of anilines is 3. The number of benzene rings is 7. The molecule has 2 aromatic heterocycles. The number of rotatable bonds is 3. The third-order valence-corrected chi connectivity index (χ3v) is 12.5. The summed E-state index contributed by atoms with van der Waals surface area (Å²) < 4.78 is 5.32. The molecule has 0 aliphatic heterocycles. The molecule has 0 unspecified atom stereocenters. The summed E-state index contributed by atoms with van der Waals surface area (Å²) in [7, 11) is 0. The van der Waals surface area contributed by atoms with Crippen molar-refractivity contribution in [3.63, 3.8) is 0 Å². The summed E-state index contributed by atoms with van der Waals surface area (Å²) in [6.07, 6.45) is 0. The second kappa shape index (κ2) is 9.53. The van der Waals surface area contributed by atoms with E-state index in [0.717, 1.165) is 0 Å². The SMILES string of the molecule is CC1(C)c2ccccc2-c2ccc(N(c3ccc4sc5ccccc5c4c3)c3cccc4c3sc3c5ccccc5ccc43)cc21. The highest BCUT2D eigenvalue weighted by atomic mass is 32.1. The van der Waals surface area contributed by atoms with Crippen LogP contribution in [0.3, 0.4) is 0 Å². The number of hydrogen-bond acceptors (Lipinski definition) is 3. The van der Waals surface area contributed by atoms with Crippen molar-refractivity contribution in [3.05, 3.63) is 151 Å². The molecule has 0 fully saturated rings. The Kier molecular flexibility index (Phi) is 5.44. The van der Waals surface area contributed by atoms with E-state index in [4.69, 9.17) is 0 Å². The number of thiophene rings is 2. The molecule has 3 heteroatoms. The van der Waals surface area contributed by atoms with Gasteiger partial charge in [0.25, 0.3) is 0 Å². The smallest absolute Gasteiger partial charge is 0.0640 e. The van der Waals surface area contributed by atoms with E-state index < -0.39 is 0 Å². The molecule has 0 atom stereocenters. The van der Waals surface area contributed by atoms with Gasteiger partial charge in [0.2, 0.25) is 0 Å². The minimum atomic E-state index is -0.0797. The molecule has 10 rings (SSSR count). The second-order valence-corrected chi connectivity index (χ2v) is 15.0. The molecule has 0 N–H and O–H groups in total. The standard InChI is InChI=1S/C43H29NS2/c1-43(2)36-15-7-5-12-30(36)31-22-19-28(25-37(31)43)44(27-20-23-40-35(24-27)32-13-6-8-17-39(32)45-40)38-16-9-14-33-34-21-18-26-10-3-4-11-29(26)41(34)46-42(33)38/h3-25H,1-2H3. The Morgan fingerprint density at radius 1 is 0.457 bits per heavy atom. The number of nitrogens with zero attached hydrogens (tertiary/aromatic N) is 1. The molecule has 7 aromatic carbocycles. The summed E-state index contributed by atoms with van der Waals surface area (Å²) in [5, 5.41) is 7.87. The predicted octanol–water partition coefficient (Wildman–Crippen LogP) is 13.4. The summed E-state index contributed by atoms with van der Waals surface area (Å²) in [5.74, 6) is 0. The van der Waals surface area contributed by atoms with Gasteiger partial charge >= 0.3 is 0 Å². The maximum atomic E-state index is 2.51. The third-order valence-electron chi connectivity index (χ3n) is 10.1. The molecule has 46 heavy (non-hydrogen) atoms. The van der Waals surface area contributed by atoms with Crippen LogP contribution in [-0.2, 0) is 5.41 Å². The Bertz CT molecular complexity index is 2690. The average Bonchev–Trinajstić information content (AvgIpc) is 3.74. The van der Waals surface area contributed by atoms with E-state index in [0.29, 0.717) is 0 Å². The van der Waals surface area contributed by atoms with Crippen LogP contribution in [0, 0.1) is 0 Å². The maximum Gasteiger partial charge on any atom is 0.0640 e. The van der Waals surface area contributed by atoms with Gasteiger partial charge in [0.15, 0.2) is 0 Å². The van der Waals surface area contributed by atoms with Crippen molar-refractivity contribution in [1.82, 2.24) is 0 Å². The summed E-state index contributed by atoms with van der Waals surface area (Å²) in [6.45, 7) is 4.74. The van der Waals surface area contributed by atoms with Crippen molar-refractivity contribution in [2.75, 3.05) is 4.90 Å².